The topological polar surface area (TPSA) is 42.4 Å². The SMILES string of the molecule is CCN(CC)c1ccc(CCCN)o1. The molecule has 0 unspecified atom stereocenters. The van der Waals surface area contributed by atoms with Crippen LogP contribution in [0.25, 0.3) is 0 Å². The molecule has 0 amide bonds. The van der Waals surface area contributed by atoms with E-state index in [1.54, 1.807) is 0 Å². The summed E-state index contributed by atoms with van der Waals surface area (Å²) in [4.78, 5) is 2.20. The van der Waals surface area contributed by atoms with Crippen molar-refractivity contribution < 1.29 is 4.42 Å². The highest BCUT2D eigenvalue weighted by atomic mass is 16.4. The van der Waals surface area contributed by atoms with Gasteiger partial charge in [0.25, 0.3) is 0 Å². The maximum atomic E-state index is 5.70. The minimum absolute atomic E-state index is 0.724. The standard InChI is InChI=1S/C11H20N2O/c1-3-13(4-2)11-8-7-10(14-11)6-5-9-12/h7-8H,3-6,9,12H2,1-2H3. The summed E-state index contributed by atoms with van der Waals surface area (Å²) in [5.74, 6) is 2.01. The fraction of sp³-hybridized carbons (Fsp3) is 0.636. The van der Waals surface area contributed by atoms with Gasteiger partial charge in [0.1, 0.15) is 5.76 Å². The summed E-state index contributed by atoms with van der Waals surface area (Å²) in [6.07, 6.45) is 1.93. The zero-order valence-electron chi connectivity index (χ0n) is 9.12. The number of hydrogen-bond donors (Lipinski definition) is 1. The Kier molecular flexibility index (Phi) is 4.53. The van der Waals surface area contributed by atoms with E-state index in [2.05, 4.69) is 18.7 Å². The molecule has 3 heteroatoms. The van der Waals surface area contributed by atoms with Crippen LogP contribution in [0.2, 0.25) is 0 Å². The Hall–Kier alpha value is -0.960. The number of aryl methyl sites for hydroxylation is 1. The van der Waals surface area contributed by atoms with E-state index in [4.69, 9.17) is 10.2 Å². The highest BCUT2D eigenvalue weighted by molar-refractivity contribution is 5.35. The highest BCUT2D eigenvalue weighted by Crippen LogP contribution is 2.18. The summed E-state index contributed by atoms with van der Waals surface area (Å²) in [7, 11) is 0. The van der Waals surface area contributed by atoms with Crippen LogP contribution >= 0.6 is 0 Å². The van der Waals surface area contributed by atoms with Crippen LogP contribution in [-0.4, -0.2) is 19.6 Å². The van der Waals surface area contributed by atoms with Crippen LogP contribution in [-0.2, 0) is 6.42 Å². The Bertz CT molecular complexity index is 254. The van der Waals surface area contributed by atoms with Gasteiger partial charge in [-0.05, 0) is 32.9 Å². The van der Waals surface area contributed by atoms with Gasteiger partial charge in [-0.1, -0.05) is 0 Å². The zero-order valence-corrected chi connectivity index (χ0v) is 9.12. The molecule has 0 bridgehead atoms. The van der Waals surface area contributed by atoms with Gasteiger partial charge >= 0.3 is 0 Å². The first-order valence-electron chi connectivity index (χ1n) is 5.35. The van der Waals surface area contributed by atoms with Crippen molar-refractivity contribution in [2.24, 2.45) is 5.73 Å². The van der Waals surface area contributed by atoms with Crippen LogP contribution in [0.4, 0.5) is 5.88 Å². The first kappa shape index (κ1) is 11.1. The predicted molar refractivity (Wildman–Crippen MR) is 59.6 cm³/mol. The van der Waals surface area contributed by atoms with Gasteiger partial charge in [-0.15, -0.1) is 0 Å². The molecule has 1 aromatic rings. The molecule has 0 aromatic carbocycles. The average molecular weight is 196 g/mol. The van der Waals surface area contributed by atoms with Crippen LogP contribution in [0.3, 0.4) is 0 Å². The van der Waals surface area contributed by atoms with Gasteiger partial charge in [0, 0.05) is 25.6 Å². The Morgan fingerprint density at radius 1 is 1.29 bits per heavy atom. The van der Waals surface area contributed by atoms with Crippen molar-refractivity contribution in [2.75, 3.05) is 24.5 Å². The Balaban J connectivity index is 2.57. The van der Waals surface area contributed by atoms with Gasteiger partial charge in [0.05, 0.1) is 0 Å². The van der Waals surface area contributed by atoms with Crippen LogP contribution in [0.5, 0.6) is 0 Å². The van der Waals surface area contributed by atoms with Crippen molar-refractivity contribution >= 4 is 5.88 Å². The Morgan fingerprint density at radius 2 is 2.00 bits per heavy atom. The summed E-state index contributed by atoms with van der Waals surface area (Å²) in [6.45, 7) is 6.96. The van der Waals surface area contributed by atoms with E-state index < -0.39 is 0 Å². The van der Waals surface area contributed by atoms with E-state index in [9.17, 15) is 0 Å². The number of nitrogens with two attached hydrogens (primary N) is 1. The van der Waals surface area contributed by atoms with Gasteiger partial charge in [0.15, 0.2) is 5.88 Å². The lowest BCUT2D eigenvalue weighted by atomic mass is 10.2. The van der Waals surface area contributed by atoms with Crippen molar-refractivity contribution in [2.45, 2.75) is 26.7 Å². The van der Waals surface area contributed by atoms with Gasteiger partial charge in [-0.25, -0.2) is 0 Å². The summed E-state index contributed by atoms with van der Waals surface area (Å²) in [6, 6.07) is 4.09. The molecule has 1 aromatic heterocycles. The molecule has 80 valence electrons. The minimum Gasteiger partial charge on any atom is -0.446 e. The predicted octanol–water partition coefficient (Wildman–Crippen LogP) is 2.02. The Morgan fingerprint density at radius 3 is 2.57 bits per heavy atom. The lowest BCUT2D eigenvalue weighted by Crippen LogP contribution is -2.20. The van der Waals surface area contributed by atoms with Crippen LogP contribution < -0.4 is 10.6 Å². The molecule has 0 aliphatic rings. The molecule has 0 saturated carbocycles. The van der Waals surface area contributed by atoms with Crippen LogP contribution in [0.1, 0.15) is 26.0 Å². The van der Waals surface area contributed by atoms with Crippen molar-refractivity contribution in [1.82, 2.24) is 0 Å². The molecule has 0 fully saturated rings. The maximum absolute atomic E-state index is 5.70. The normalized spacial score (nSPS) is 10.5. The minimum atomic E-state index is 0.724. The maximum Gasteiger partial charge on any atom is 0.195 e. The highest BCUT2D eigenvalue weighted by Gasteiger charge is 2.06. The first-order chi connectivity index (χ1) is 6.81. The second kappa shape index (κ2) is 5.70. The fourth-order valence-corrected chi connectivity index (χ4v) is 1.48. The van der Waals surface area contributed by atoms with Crippen molar-refractivity contribution in [1.29, 1.82) is 0 Å². The van der Waals surface area contributed by atoms with E-state index in [1.807, 2.05) is 12.1 Å². The van der Waals surface area contributed by atoms with Crippen LogP contribution in [0.15, 0.2) is 16.5 Å². The van der Waals surface area contributed by atoms with E-state index in [1.165, 1.54) is 0 Å². The van der Waals surface area contributed by atoms with Gasteiger partial charge < -0.3 is 15.1 Å². The molecule has 3 nitrogen and oxygen atoms in total. The molecule has 0 aliphatic carbocycles. The van der Waals surface area contributed by atoms with Crippen molar-refractivity contribution in [3.63, 3.8) is 0 Å². The molecule has 0 aliphatic heterocycles. The van der Waals surface area contributed by atoms with E-state index >= 15 is 0 Å². The third-order valence-electron chi connectivity index (χ3n) is 2.35. The molecule has 2 N–H and O–H groups in total. The largest absolute Gasteiger partial charge is 0.446 e. The van der Waals surface area contributed by atoms with E-state index in [0.717, 1.165) is 44.1 Å². The number of hydrogen-bond acceptors (Lipinski definition) is 3. The molecule has 14 heavy (non-hydrogen) atoms. The second-order valence-corrected chi connectivity index (χ2v) is 3.30. The monoisotopic (exact) mass is 196 g/mol. The number of anilines is 1. The number of rotatable bonds is 6. The van der Waals surface area contributed by atoms with Crippen molar-refractivity contribution in [3.8, 4) is 0 Å². The first-order valence-corrected chi connectivity index (χ1v) is 5.35. The third kappa shape index (κ3) is 2.77. The summed E-state index contributed by atoms with van der Waals surface area (Å²) in [5, 5.41) is 0. The van der Waals surface area contributed by atoms with Gasteiger partial charge in [-0.2, -0.15) is 0 Å². The number of furan rings is 1. The van der Waals surface area contributed by atoms with E-state index in [-0.39, 0.29) is 0 Å². The van der Waals surface area contributed by atoms with Crippen LogP contribution in [0, 0.1) is 0 Å². The molecule has 0 radical (unpaired) electrons. The second-order valence-electron chi connectivity index (χ2n) is 3.30. The van der Waals surface area contributed by atoms with E-state index in [0.29, 0.717) is 0 Å². The average Bonchev–Trinajstić information content (AvgIpc) is 2.65. The summed E-state index contributed by atoms with van der Waals surface area (Å²) < 4.78 is 5.70. The summed E-state index contributed by atoms with van der Waals surface area (Å²) >= 11 is 0. The summed E-state index contributed by atoms with van der Waals surface area (Å²) in [5.41, 5.74) is 5.44. The van der Waals surface area contributed by atoms with Crippen molar-refractivity contribution in [3.05, 3.63) is 17.9 Å². The fourth-order valence-electron chi connectivity index (χ4n) is 1.48. The molecular formula is C11H20N2O. The van der Waals surface area contributed by atoms with Gasteiger partial charge in [-0.3, -0.25) is 0 Å². The Labute approximate surface area is 85.9 Å². The molecule has 1 rings (SSSR count). The zero-order chi connectivity index (χ0) is 10.4. The third-order valence-corrected chi connectivity index (χ3v) is 2.35. The quantitative estimate of drug-likeness (QED) is 0.757. The smallest absolute Gasteiger partial charge is 0.195 e. The lowest BCUT2D eigenvalue weighted by molar-refractivity contribution is 0.495. The molecule has 0 saturated heterocycles. The lowest BCUT2D eigenvalue weighted by Gasteiger charge is -2.16. The molecule has 1 heterocycles. The molecule has 0 atom stereocenters. The molecule has 0 spiro atoms. The number of nitrogens with zero attached hydrogens (tertiary/aromatic N) is 1. The molecular weight excluding hydrogens is 176 g/mol. The van der Waals surface area contributed by atoms with Gasteiger partial charge in [0.2, 0.25) is 0 Å².